The SMILES string of the molecule is CCO[Si](CCCN1C(C)C1C(CC[Si](OCC)(OCC)OCC)C(=O)O)(OCC)OCC. The van der Waals surface area contributed by atoms with Crippen LogP contribution >= 0.6 is 0 Å². The Morgan fingerprint density at radius 1 is 0.788 bits per heavy atom. The van der Waals surface area contributed by atoms with E-state index in [9.17, 15) is 9.90 Å². The Kier molecular flexibility index (Phi) is 14.5. The second kappa shape index (κ2) is 15.6. The average molecular weight is 510 g/mol. The third-order valence-electron chi connectivity index (χ3n) is 5.89. The highest BCUT2D eigenvalue weighted by Gasteiger charge is 2.53. The monoisotopic (exact) mass is 509 g/mol. The molecule has 0 aromatic heterocycles. The predicted octanol–water partition coefficient (Wildman–Crippen LogP) is 3.64. The lowest BCUT2D eigenvalue weighted by Crippen LogP contribution is -2.46. The smallest absolute Gasteiger partial charge is 0.481 e. The Morgan fingerprint density at radius 3 is 1.55 bits per heavy atom. The molecule has 0 saturated carbocycles. The fourth-order valence-electron chi connectivity index (χ4n) is 4.61. The predicted molar refractivity (Wildman–Crippen MR) is 131 cm³/mol. The number of hydrogen-bond acceptors (Lipinski definition) is 8. The van der Waals surface area contributed by atoms with Crippen molar-refractivity contribution in [3.8, 4) is 0 Å². The van der Waals surface area contributed by atoms with Crippen molar-refractivity contribution in [2.75, 3.05) is 46.2 Å². The average Bonchev–Trinajstić information content (AvgIpc) is 3.37. The van der Waals surface area contributed by atoms with E-state index < -0.39 is 29.5 Å². The van der Waals surface area contributed by atoms with Crippen LogP contribution in [0, 0.1) is 5.92 Å². The van der Waals surface area contributed by atoms with Crippen LogP contribution in [0.25, 0.3) is 0 Å². The van der Waals surface area contributed by atoms with Gasteiger partial charge < -0.3 is 31.7 Å². The molecule has 11 heteroatoms. The van der Waals surface area contributed by atoms with Crippen LogP contribution in [0.4, 0.5) is 0 Å². The molecule has 0 amide bonds. The first-order valence-electron chi connectivity index (χ1n) is 12.6. The van der Waals surface area contributed by atoms with Gasteiger partial charge in [-0.2, -0.15) is 0 Å². The Bertz CT molecular complexity index is 522. The first-order chi connectivity index (χ1) is 15.8. The summed E-state index contributed by atoms with van der Waals surface area (Å²) in [5.74, 6) is -1.26. The molecule has 0 spiro atoms. The summed E-state index contributed by atoms with van der Waals surface area (Å²) in [6, 6.07) is 1.45. The van der Waals surface area contributed by atoms with Gasteiger partial charge in [-0.15, -0.1) is 0 Å². The minimum absolute atomic E-state index is 0.00132. The van der Waals surface area contributed by atoms with Gasteiger partial charge in [0.05, 0.1) is 5.92 Å². The van der Waals surface area contributed by atoms with Gasteiger partial charge in [0.1, 0.15) is 0 Å². The van der Waals surface area contributed by atoms with Crippen LogP contribution in [0.5, 0.6) is 0 Å². The molecule has 33 heavy (non-hydrogen) atoms. The van der Waals surface area contributed by atoms with E-state index in [1.165, 1.54) is 0 Å². The highest BCUT2D eigenvalue weighted by Crippen LogP contribution is 2.38. The second-order valence-electron chi connectivity index (χ2n) is 8.02. The van der Waals surface area contributed by atoms with Gasteiger partial charge in [-0.05, 0) is 67.9 Å². The number of hydrogen-bond donors (Lipinski definition) is 1. The van der Waals surface area contributed by atoms with E-state index >= 15 is 0 Å². The van der Waals surface area contributed by atoms with Gasteiger partial charge in [0, 0.05) is 63.8 Å². The van der Waals surface area contributed by atoms with Crippen LogP contribution < -0.4 is 0 Å². The maximum absolute atomic E-state index is 12.2. The molecule has 0 aromatic carbocycles. The zero-order valence-electron chi connectivity index (χ0n) is 21.8. The Balaban J connectivity index is 2.75. The molecular weight excluding hydrogens is 462 g/mol. The molecule has 9 nitrogen and oxygen atoms in total. The maximum Gasteiger partial charge on any atom is 0.500 e. The van der Waals surface area contributed by atoms with Gasteiger partial charge in [0.15, 0.2) is 0 Å². The summed E-state index contributed by atoms with van der Waals surface area (Å²) >= 11 is 0. The van der Waals surface area contributed by atoms with Crippen molar-refractivity contribution in [2.24, 2.45) is 5.92 Å². The molecule has 0 aromatic rings. The zero-order chi connectivity index (χ0) is 24.9. The van der Waals surface area contributed by atoms with Crippen molar-refractivity contribution in [1.82, 2.24) is 4.90 Å². The van der Waals surface area contributed by atoms with Gasteiger partial charge in [0.25, 0.3) is 0 Å². The fraction of sp³-hybridized carbons (Fsp3) is 0.955. The van der Waals surface area contributed by atoms with Crippen molar-refractivity contribution in [3.63, 3.8) is 0 Å². The third-order valence-corrected chi connectivity index (χ3v) is 12.1. The summed E-state index contributed by atoms with van der Waals surface area (Å²) < 4.78 is 35.6. The maximum atomic E-state index is 12.2. The number of carboxylic acid groups (broad SMARTS) is 1. The molecule has 0 aliphatic carbocycles. The summed E-state index contributed by atoms with van der Waals surface area (Å²) in [7, 11) is -5.55. The van der Waals surface area contributed by atoms with Crippen LogP contribution in [-0.4, -0.2) is 91.9 Å². The van der Waals surface area contributed by atoms with Crippen LogP contribution in [0.2, 0.25) is 12.1 Å². The number of aliphatic carboxylic acids is 1. The lowest BCUT2D eigenvalue weighted by molar-refractivity contribution is -0.142. The number of carbonyl (C=O) groups is 1. The summed E-state index contributed by atoms with van der Waals surface area (Å²) in [6.07, 6.45) is 1.32. The lowest BCUT2D eigenvalue weighted by atomic mass is 10.0. The highest BCUT2D eigenvalue weighted by molar-refractivity contribution is 6.61. The molecule has 1 aliphatic heterocycles. The van der Waals surface area contributed by atoms with Gasteiger partial charge >= 0.3 is 23.6 Å². The Hall–Kier alpha value is -0.376. The molecule has 1 saturated heterocycles. The van der Waals surface area contributed by atoms with E-state index in [-0.39, 0.29) is 12.1 Å². The van der Waals surface area contributed by atoms with Crippen molar-refractivity contribution in [3.05, 3.63) is 0 Å². The molecule has 1 heterocycles. The van der Waals surface area contributed by atoms with Gasteiger partial charge in [-0.1, -0.05) is 0 Å². The van der Waals surface area contributed by atoms with E-state index in [1.807, 2.05) is 41.5 Å². The Morgan fingerprint density at radius 2 is 1.18 bits per heavy atom. The molecule has 196 valence electrons. The largest absolute Gasteiger partial charge is 0.500 e. The highest BCUT2D eigenvalue weighted by atomic mass is 28.4. The van der Waals surface area contributed by atoms with Gasteiger partial charge in [0.2, 0.25) is 0 Å². The minimum atomic E-state index is -2.87. The van der Waals surface area contributed by atoms with Gasteiger partial charge in [-0.25, -0.2) is 0 Å². The Labute approximate surface area is 202 Å². The van der Waals surface area contributed by atoms with E-state index in [0.717, 1.165) is 19.0 Å². The van der Waals surface area contributed by atoms with Gasteiger partial charge in [-0.3, -0.25) is 9.69 Å². The van der Waals surface area contributed by atoms with Crippen molar-refractivity contribution >= 4 is 23.6 Å². The first kappa shape index (κ1) is 30.7. The molecule has 1 fully saturated rings. The second-order valence-corrected chi connectivity index (χ2v) is 13.5. The first-order valence-corrected chi connectivity index (χ1v) is 16.5. The summed E-state index contributed by atoms with van der Waals surface area (Å²) in [4.78, 5) is 14.4. The summed E-state index contributed by atoms with van der Waals surface area (Å²) in [5.41, 5.74) is 0. The van der Waals surface area contributed by atoms with Crippen LogP contribution in [0.1, 0.15) is 61.3 Å². The lowest BCUT2D eigenvalue weighted by Gasteiger charge is -2.29. The van der Waals surface area contributed by atoms with Crippen LogP contribution in [-0.2, 0) is 31.4 Å². The molecular formula is C22H47NO8Si2. The number of carboxylic acids is 1. The van der Waals surface area contributed by atoms with Crippen molar-refractivity contribution in [1.29, 1.82) is 0 Å². The van der Waals surface area contributed by atoms with E-state index in [1.54, 1.807) is 0 Å². The summed E-state index contributed by atoms with van der Waals surface area (Å²) in [6.45, 7) is 17.6. The molecule has 1 rings (SSSR count). The van der Waals surface area contributed by atoms with Crippen LogP contribution in [0.15, 0.2) is 0 Å². The number of rotatable bonds is 21. The normalized spacial score (nSPS) is 21.8. The molecule has 1 aliphatic rings. The van der Waals surface area contributed by atoms with Crippen molar-refractivity contribution in [2.45, 2.75) is 85.5 Å². The van der Waals surface area contributed by atoms with Crippen LogP contribution in [0.3, 0.4) is 0 Å². The van der Waals surface area contributed by atoms with E-state index in [0.29, 0.717) is 52.1 Å². The topological polar surface area (TPSA) is 95.7 Å². The third kappa shape index (κ3) is 9.30. The molecule has 4 atom stereocenters. The fourth-order valence-corrected chi connectivity index (χ4v) is 9.87. The zero-order valence-corrected chi connectivity index (χ0v) is 23.8. The van der Waals surface area contributed by atoms with E-state index in [2.05, 4.69) is 11.8 Å². The molecule has 1 N–H and O–H groups in total. The van der Waals surface area contributed by atoms with E-state index in [4.69, 9.17) is 26.6 Å². The standard InChI is InChI=1S/C22H47NO8Si2/c1-8-26-32(27-9-2,28-10-3)17-14-16-23-19(7)21(23)20(22(24)25)15-18-33(29-11-4,30-12-5)31-13-6/h19-21H,8-18H2,1-7H3,(H,24,25). The summed E-state index contributed by atoms with van der Waals surface area (Å²) in [5, 5.41) is 9.98. The van der Waals surface area contributed by atoms with Crippen molar-refractivity contribution < 1.29 is 36.5 Å². The quantitative estimate of drug-likeness (QED) is 0.184. The molecule has 0 bridgehead atoms. The molecule has 4 unspecified atom stereocenters. The minimum Gasteiger partial charge on any atom is -0.481 e. The molecule has 0 radical (unpaired) electrons. The number of nitrogens with zero attached hydrogens (tertiary/aromatic N) is 1.